The van der Waals surface area contributed by atoms with Crippen LogP contribution in [0, 0.1) is 5.82 Å². The molecule has 0 aliphatic heterocycles. The number of amides is 2. The number of hydrogen-bond acceptors (Lipinski definition) is 7. The van der Waals surface area contributed by atoms with Crippen molar-refractivity contribution in [3.05, 3.63) is 83.2 Å². The topological polar surface area (TPSA) is 111 Å². The van der Waals surface area contributed by atoms with Crippen LogP contribution in [-0.4, -0.2) is 51.8 Å². The fourth-order valence-corrected chi connectivity index (χ4v) is 5.55. The van der Waals surface area contributed by atoms with Gasteiger partial charge in [-0.05, 0) is 99.2 Å². The minimum absolute atomic E-state index is 0.0519. The molecule has 0 radical (unpaired) electrons. The Hall–Kier alpha value is -4.80. The summed E-state index contributed by atoms with van der Waals surface area (Å²) in [6.45, 7) is 5.29. The summed E-state index contributed by atoms with van der Waals surface area (Å²) in [6.07, 6.45) is 3.65. The second kappa shape index (κ2) is 12.8. The predicted octanol–water partition coefficient (Wildman–Crippen LogP) is 5.06. The zero-order valence-corrected chi connectivity index (χ0v) is 25.6. The monoisotopic (exact) mass is 600 g/mol. The average molecular weight is 601 g/mol. The molecule has 1 aliphatic rings. The number of ether oxygens (including phenoxy) is 2. The van der Waals surface area contributed by atoms with E-state index >= 15 is 0 Å². The summed E-state index contributed by atoms with van der Waals surface area (Å²) in [5.74, 6) is -0.381. The molecule has 1 atom stereocenters. The fourth-order valence-electron chi connectivity index (χ4n) is 5.55. The molecule has 1 heterocycles. The van der Waals surface area contributed by atoms with Crippen molar-refractivity contribution in [1.29, 1.82) is 0 Å². The smallest absolute Gasteiger partial charge is 0.251 e. The number of hydrogen-bond donors (Lipinski definition) is 1. The van der Waals surface area contributed by atoms with E-state index in [0.717, 1.165) is 41.6 Å². The van der Waals surface area contributed by atoms with Gasteiger partial charge in [0.2, 0.25) is 11.7 Å². The van der Waals surface area contributed by atoms with Crippen molar-refractivity contribution >= 4 is 17.5 Å². The summed E-state index contributed by atoms with van der Waals surface area (Å²) in [6, 6.07) is 16.0. The van der Waals surface area contributed by atoms with Crippen LogP contribution < -0.4 is 19.7 Å². The number of carbonyl (C=O) groups is 2. The van der Waals surface area contributed by atoms with E-state index in [4.69, 9.17) is 9.47 Å². The molecule has 1 aromatic heterocycles. The number of halogens is 1. The van der Waals surface area contributed by atoms with Crippen LogP contribution in [-0.2, 0) is 29.0 Å². The molecule has 230 valence electrons. The number of anilines is 1. The molecule has 0 saturated heterocycles. The van der Waals surface area contributed by atoms with E-state index in [-0.39, 0.29) is 17.9 Å². The Kier molecular flexibility index (Phi) is 8.93. The molecule has 1 unspecified atom stereocenters. The summed E-state index contributed by atoms with van der Waals surface area (Å²) in [7, 11) is 3.06. The van der Waals surface area contributed by atoms with Gasteiger partial charge < -0.3 is 14.8 Å². The lowest BCUT2D eigenvalue weighted by molar-refractivity contribution is -0.128. The van der Waals surface area contributed by atoms with Gasteiger partial charge in [0.15, 0.2) is 0 Å². The molecule has 0 spiro atoms. The van der Waals surface area contributed by atoms with Crippen LogP contribution in [0.2, 0.25) is 0 Å². The van der Waals surface area contributed by atoms with E-state index in [1.54, 1.807) is 36.4 Å². The molecule has 2 amide bonds. The molecule has 3 aromatic carbocycles. The number of aromatic nitrogens is 4. The van der Waals surface area contributed by atoms with Crippen molar-refractivity contribution in [2.45, 2.75) is 64.6 Å². The lowest BCUT2D eigenvalue weighted by atomic mass is 9.89. The number of nitrogens with one attached hydrogen (secondary N) is 1. The third kappa shape index (κ3) is 6.56. The van der Waals surface area contributed by atoms with Crippen LogP contribution in [0.5, 0.6) is 11.5 Å². The van der Waals surface area contributed by atoms with Crippen LogP contribution >= 0.6 is 0 Å². The van der Waals surface area contributed by atoms with Gasteiger partial charge in [-0.2, -0.15) is 4.80 Å². The largest absolute Gasteiger partial charge is 0.497 e. The maximum absolute atomic E-state index is 14.5. The number of methoxy groups -OCH3 is 2. The molecule has 4 aromatic rings. The van der Waals surface area contributed by atoms with Crippen molar-refractivity contribution in [2.24, 2.45) is 0 Å². The van der Waals surface area contributed by atoms with Crippen molar-refractivity contribution in [3.8, 4) is 22.9 Å². The Morgan fingerprint density at radius 2 is 1.80 bits per heavy atom. The number of carbonyl (C=O) groups excluding carboxylic acids is 2. The van der Waals surface area contributed by atoms with Gasteiger partial charge in [0.05, 0.1) is 19.8 Å². The standard InChI is InChI=1S/C33H37FN6O4/c1-33(2,3)35-32(42)30(25-19-22(43-4)17-18-28(25)44-5)40(27-16-10-12-21-11-6-7-13-23(21)27)29(41)20-39-37-31(36-38-39)24-14-8-9-15-26(24)34/h8-10,12,14-19,30H,6-7,11,13,20H2,1-5H3,(H,35,42). The minimum Gasteiger partial charge on any atom is -0.497 e. The summed E-state index contributed by atoms with van der Waals surface area (Å²) in [5, 5.41) is 15.4. The highest BCUT2D eigenvalue weighted by atomic mass is 19.1. The highest BCUT2D eigenvalue weighted by Gasteiger charge is 2.38. The van der Waals surface area contributed by atoms with Crippen molar-refractivity contribution in [2.75, 3.05) is 19.1 Å². The number of nitrogens with zero attached hydrogens (tertiary/aromatic N) is 5. The summed E-state index contributed by atoms with van der Waals surface area (Å²) >= 11 is 0. The first-order chi connectivity index (χ1) is 21.1. The van der Waals surface area contributed by atoms with Gasteiger partial charge >= 0.3 is 0 Å². The lowest BCUT2D eigenvalue weighted by Crippen LogP contribution is -2.50. The molecule has 0 saturated carbocycles. The maximum Gasteiger partial charge on any atom is 0.251 e. The lowest BCUT2D eigenvalue weighted by Gasteiger charge is -2.36. The highest BCUT2D eigenvalue weighted by Crippen LogP contribution is 2.40. The van der Waals surface area contributed by atoms with Gasteiger partial charge in [0, 0.05) is 16.8 Å². The zero-order chi connectivity index (χ0) is 31.4. The normalized spacial score (nSPS) is 13.5. The molecule has 1 aliphatic carbocycles. The van der Waals surface area contributed by atoms with Crippen molar-refractivity contribution < 1.29 is 23.5 Å². The van der Waals surface area contributed by atoms with Crippen LogP contribution in [0.3, 0.4) is 0 Å². The Bertz CT molecular complexity index is 1660. The quantitative estimate of drug-likeness (QED) is 0.286. The van der Waals surface area contributed by atoms with E-state index in [0.29, 0.717) is 22.7 Å². The third-order valence-electron chi connectivity index (χ3n) is 7.48. The molecule has 11 heteroatoms. The first-order valence-electron chi connectivity index (χ1n) is 14.6. The van der Waals surface area contributed by atoms with Gasteiger partial charge in [0.1, 0.15) is 29.9 Å². The zero-order valence-electron chi connectivity index (χ0n) is 25.6. The van der Waals surface area contributed by atoms with Gasteiger partial charge in [-0.1, -0.05) is 24.3 Å². The second-order valence-corrected chi connectivity index (χ2v) is 11.8. The van der Waals surface area contributed by atoms with Crippen LogP contribution in [0.4, 0.5) is 10.1 Å². The third-order valence-corrected chi connectivity index (χ3v) is 7.48. The van der Waals surface area contributed by atoms with Gasteiger partial charge in [-0.25, -0.2) is 4.39 Å². The molecule has 1 N–H and O–H groups in total. The fraction of sp³-hybridized carbons (Fsp3) is 0.364. The van der Waals surface area contributed by atoms with Crippen LogP contribution in [0.15, 0.2) is 60.7 Å². The van der Waals surface area contributed by atoms with E-state index in [1.807, 2.05) is 32.9 Å². The Balaban J connectivity index is 1.66. The number of fused-ring (bicyclic) bond motifs is 1. The summed E-state index contributed by atoms with van der Waals surface area (Å²) in [4.78, 5) is 31.4. The summed E-state index contributed by atoms with van der Waals surface area (Å²) in [5.41, 5.74) is 2.80. The van der Waals surface area contributed by atoms with Gasteiger partial charge in [-0.15, -0.1) is 10.2 Å². The average Bonchev–Trinajstić information content (AvgIpc) is 3.46. The van der Waals surface area contributed by atoms with E-state index < -0.39 is 29.2 Å². The maximum atomic E-state index is 14.5. The van der Waals surface area contributed by atoms with Crippen molar-refractivity contribution in [1.82, 2.24) is 25.5 Å². The van der Waals surface area contributed by atoms with E-state index in [2.05, 4.69) is 26.8 Å². The first-order valence-corrected chi connectivity index (χ1v) is 14.6. The molecule has 44 heavy (non-hydrogen) atoms. The predicted molar refractivity (Wildman–Crippen MR) is 164 cm³/mol. The number of rotatable bonds is 9. The van der Waals surface area contributed by atoms with Gasteiger partial charge in [0.25, 0.3) is 5.91 Å². The van der Waals surface area contributed by atoms with E-state index in [1.165, 1.54) is 25.2 Å². The Labute approximate surface area is 256 Å². The molecule has 5 rings (SSSR count). The molecular weight excluding hydrogens is 563 g/mol. The number of benzene rings is 3. The van der Waals surface area contributed by atoms with Crippen LogP contribution in [0.25, 0.3) is 11.4 Å². The number of tetrazole rings is 1. The molecular formula is C33H37FN6O4. The Morgan fingerprint density at radius 1 is 1.02 bits per heavy atom. The highest BCUT2D eigenvalue weighted by molar-refractivity contribution is 6.02. The SMILES string of the molecule is COc1ccc(OC)c(C(C(=O)NC(C)(C)C)N(C(=O)Cn2nnc(-c3ccccc3F)n2)c2cccc3c2CCCC3)c1. The molecule has 10 nitrogen and oxygen atoms in total. The van der Waals surface area contributed by atoms with Gasteiger partial charge in [-0.3, -0.25) is 14.5 Å². The molecule has 0 bridgehead atoms. The minimum atomic E-state index is -1.14. The van der Waals surface area contributed by atoms with E-state index in [9.17, 15) is 14.0 Å². The Morgan fingerprint density at radius 3 is 2.52 bits per heavy atom. The first kappa shape index (κ1) is 30.7. The second-order valence-electron chi connectivity index (χ2n) is 11.8. The molecule has 0 fully saturated rings. The summed E-state index contributed by atoms with van der Waals surface area (Å²) < 4.78 is 25.7. The van der Waals surface area contributed by atoms with Crippen LogP contribution in [0.1, 0.15) is 56.3 Å². The van der Waals surface area contributed by atoms with Crippen molar-refractivity contribution in [3.63, 3.8) is 0 Å². The number of aryl methyl sites for hydroxylation is 1.